The smallest absolute Gasteiger partial charge is 0.0947 e. The van der Waals surface area contributed by atoms with Gasteiger partial charge in [-0.25, -0.2) is 4.98 Å². The second kappa shape index (κ2) is 2.82. The highest BCUT2D eigenvalue weighted by atomic mass is 16.3. The van der Waals surface area contributed by atoms with Gasteiger partial charge in [0.1, 0.15) is 0 Å². The highest BCUT2D eigenvalue weighted by molar-refractivity contribution is 5.21. The molecule has 2 rings (SSSR count). The maximum Gasteiger partial charge on any atom is 0.0947 e. The van der Waals surface area contributed by atoms with Gasteiger partial charge in [-0.1, -0.05) is 0 Å². The highest BCUT2D eigenvalue weighted by Crippen LogP contribution is 2.41. The zero-order chi connectivity index (χ0) is 9.47. The molecule has 1 saturated carbocycles. The van der Waals surface area contributed by atoms with Crippen LogP contribution < -0.4 is 5.73 Å². The number of aliphatic hydroxyl groups is 1. The van der Waals surface area contributed by atoms with E-state index in [4.69, 9.17) is 5.73 Å². The summed E-state index contributed by atoms with van der Waals surface area (Å²) in [7, 11) is 1.94. The Bertz CT molecular complexity index is 302. The normalized spacial score (nSPS) is 33.0. The molecule has 0 saturated heterocycles. The number of hydrogen-bond donors (Lipinski definition) is 2. The number of imidazole rings is 1. The van der Waals surface area contributed by atoms with Crippen molar-refractivity contribution in [3.8, 4) is 0 Å². The maximum absolute atomic E-state index is 9.29. The van der Waals surface area contributed by atoms with E-state index in [9.17, 15) is 5.11 Å². The predicted molar refractivity (Wildman–Crippen MR) is 49.2 cm³/mol. The summed E-state index contributed by atoms with van der Waals surface area (Å²) in [5.74, 6) is 0. The Kier molecular flexibility index (Phi) is 1.89. The first-order valence-corrected chi connectivity index (χ1v) is 4.53. The van der Waals surface area contributed by atoms with Crippen molar-refractivity contribution in [3.05, 3.63) is 18.2 Å². The largest absolute Gasteiger partial charge is 0.393 e. The Labute approximate surface area is 77.4 Å². The van der Waals surface area contributed by atoms with Crippen LogP contribution in [0, 0.1) is 0 Å². The van der Waals surface area contributed by atoms with Crippen LogP contribution in [0.2, 0.25) is 0 Å². The Morgan fingerprint density at radius 1 is 1.77 bits per heavy atom. The van der Waals surface area contributed by atoms with Crippen LogP contribution in [0.4, 0.5) is 0 Å². The second-order valence-electron chi connectivity index (χ2n) is 3.97. The third-order valence-electron chi connectivity index (χ3n) is 2.89. The average Bonchev–Trinajstić information content (AvgIpc) is 2.46. The molecule has 0 spiro atoms. The van der Waals surface area contributed by atoms with Crippen LogP contribution in [0.3, 0.4) is 0 Å². The quantitative estimate of drug-likeness (QED) is 0.662. The van der Waals surface area contributed by atoms with E-state index >= 15 is 0 Å². The SMILES string of the molecule is Cn1cnc(C2(CN)CC(O)C2)c1. The molecular formula is C9H15N3O. The average molecular weight is 181 g/mol. The third-order valence-corrected chi connectivity index (χ3v) is 2.89. The van der Waals surface area contributed by atoms with Gasteiger partial charge in [-0.15, -0.1) is 0 Å². The van der Waals surface area contributed by atoms with Crippen molar-refractivity contribution in [2.45, 2.75) is 24.4 Å². The standard InChI is InChI=1S/C9H15N3O/c1-12-4-8(11-6-12)9(5-10)2-7(13)3-9/h4,6-7,13H,2-3,5,10H2,1H3. The van der Waals surface area contributed by atoms with E-state index in [1.807, 2.05) is 17.8 Å². The molecule has 1 aliphatic carbocycles. The minimum absolute atomic E-state index is 0.0549. The van der Waals surface area contributed by atoms with Crippen LogP contribution in [0.1, 0.15) is 18.5 Å². The number of aromatic nitrogens is 2. The molecule has 0 unspecified atom stereocenters. The van der Waals surface area contributed by atoms with Crippen molar-refractivity contribution in [2.75, 3.05) is 6.54 Å². The fourth-order valence-electron chi connectivity index (χ4n) is 2.01. The lowest BCUT2D eigenvalue weighted by Crippen LogP contribution is -2.50. The third kappa shape index (κ3) is 1.26. The van der Waals surface area contributed by atoms with E-state index in [0.29, 0.717) is 6.54 Å². The van der Waals surface area contributed by atoms with Gasteiger partial charge < -0.3 is 15.4 Å². The topological polar surface area (TPSA) is 64.1 Å². The molecule has 4 nitrogen and oxygen atoms in total. The first kappa shape index (κ1) is 8.72. The van der Waals surface area contributed by atoms with Crippen molar-refractivity contribution < 1.29 is 5.11 Å². The molecule has 0 aliphatic heterocycles. The summed E-state index contributed by atoms with van der Waals surface area (Å²) in [5, 5.41) is 9.29. The van der Waals surface area contributed by atoms with E-state index in [0.717, 1.165) is 18.5 Å². The molecule has 0 aromatic carbocycles. The van der Waals surface area contributed by atoms with Gasteiger partial charge in [0.25, 0.3) is 0 Å². The fraction of sp³-hybridized carbons (Fsp3) is 0.667. The van der Waals surface area contributed by atoms with Gasteiger partial charge in [0, 0.05) is 25.2 Å². The lowest BCUT2D eigenvalue weighted by atomic mass is 9.65. The number of rotatable bonds is 2. The second-order valence-corrected chi connectivity index (χ2v) is 3.97. The molecule has 3 N–H and O–H groups in total. The van der Waals surface area contributed by atoms with E-state index < -0.39 is 0 Å². The maximum atomic E-state index is 9.29. The Morgan fingerprint density at radius 3 is 2.85 bits per heavy atom. The van der Waals surface area contributed by atoms with Crippen molar-refractivity contribution >= 4 is 0 Å². The van der Waals surface area contributed by atoms with Crippen molar-refractivity contribution in [2.24, 2.45) is 12.8 Å². The predicted octanol–water partition coefficient (Wildman–Crippen LogP) is -0.229. The molecule has 72 valence electrons. The molecule has 1 heterocycles. The van der Waals surface area contributed by atoms with Crippen molar-refractivity contribution in [1.29, 1.82) is 0 Å². The Hall–Kier alpha value is -0.870. The molecule has 1 aliphatic rings. The number of aryl methyl sites for hydroxylation is 1. The van der Waals surface area contributed by atoms with Crippen LogP contribution in [0.5, 0.6) is 0 Å². The minimum atomic E-state index is -0.189. The highest BCUT2D eigenvalue weighted by Gasteiger charge is 2.45. The van der Waals surface area contributed by atoms with Gasteiger partial charge in [0.2, 0.25) is 0 Å². The Balaban J connectivity index is 2.23. The van der Waals surface area contributed by atoms with Gasteiger partial charge in [-0.2, -0.15) is 0 Å². The van der Waals surface area contributed by atoms with Crippen LogP contribution in [0.15, 0.2) is 12.5 Å². The number of aliphatic hydroxyl groups excluding tert-OH is 1. The summed E-state index contributed by atoms with van der Waals surface area (Å²) >= 11 is 0. The summed E-state index contributed by atoms with van der Waals surface area (Å²) in [4.78, 5) is 4.29. The summed E-state index contributed by atoms with van der Waals surface area (Å²) in [6.07, 6.45) is 5.07. The fourth-order valence-corrected chi connectivity index (χ4v) is 2.01. The van der Waals surface area contributed by atoms with Crippen LogP contribution in [0.25, 0.3) is 0 Å². The van der Waals surface area contributed by atoms with Crippen LogP contribution in [-0.2, 0) is 12.5 Å². The number of nitrogens with two attached hydrogens (primary N) is 1. The molecule has 0 bridgehead atoms. The monoisotopic (exact) mass is 181 g/mol. The van der Waals surface area contributed by atoms with Gasteiger partial charge >= 0.3 is 0 Å². The number of hydrogen-bond acceptors (Lipinski definition) is 3. The summed E-state index contributed by atoms with van der Waals surface area (Å²) in [6.45, 7) is 0.571. The molecule has 0 atom stereocenters. The molecular weight excluding hydrogens is 166 g/mol. The zero-order valence-corrected chi connectivity index (χ0v) is 7.77. The minimum Gasteiger partial charge on any atom is -0.393 e. The summed E-state index contributed by atoms with van der Waals surface area (Å²) in [5.41, 5.74) is 6.67. The van der Waals surface area contributed by atoms with Crippen molar-refractivity contribution in [1.82, 2.24) is 9.55 Å². The van der Waals surface area contributed by atoms with Crippen LogP contribution in [-0.4, -0.2) is 27.3 Å². The first-order valence-electron chi connectivity index (χ1n) is 4.53. The summed E-state index contributed by atoms with van der Waals surface area (Å²) in [6, 6.07) is 0. The van der Waals surface area contributed by atoms with E-state index in [-0.39, 0.29) is 11.5 Å². The molecule has 1 aromatic heterocycles. The molecule has 0 radical (unpaired) electrons. The molecule has 1 fully saturated rings. The van der Waals surface area contributed by atoms with Gasteiger partial charge in [-0.3, -0.25) is 0 Å². The lowest BCUT2D eigenvalue weighted by Gasteiger charge is -2.43. The van der Waals surface area contributed by atoms with E-state index in [2.05, 4.69) is 4.98 Å². The first-order chi connectivity index (χ1) is 6.16. The van der Waals surface area contributed by atoms with Gasteiger partial charge in [0.15, 0.2) is 0 Å². The lowest BCUT2D eigenvalue weighted by molar-refractivity contribution is 0.0202. The van der Waals surface area contributed by atoms with Crippen LogP contribution >= 0.6 is 0 Å². The molecule has 4 heteroatoms. The zero-order valence-electron chi connectivity index (χ0n) is 7.77. The molecule has 13 heavy (non-hydrogen) atoms. The molecule has 1 aromatic rings. The Morgan fingerprint density at radius 2 is 2.46 bits per heavy atom. The van der Waals surface area contributed by atoms with E-state index in [1.54, 1.807) is 6.33 Å². The summed E-state index contributed by atoms with van der Waals surface area (Å²) < 4.78 is 1.91. The number of nitrogens with zero attached hydrogens (tertiary/aromatic N) is 2. The van der Waals surface area contributed by atoms with Gasteiger partial charge in [0.05, 0.1) is 18.1 Å². The molecule has 0 amide bonds. The van der Waals surface area contributed by atoms with Gasteiger partial charge in [-0.05, 0) is 12.8 Å². The van der Waals surface area contributed by atoms with Crippen molar-refractivity contribution in [3.63, 3.8) is 0 Å². The van der Waals surface area contributed by atoms with E-state index in [1.165, 1.54) is 0 Å².